The van der Waals surface area contributed by atoms with Gasteiger partial charge in [-0.1, -0.05) is 27.7 Å². The van der Waals surface area contributed by atoms with Crippen LogP contribution in [0.1, 0.15) is 38.1 Å². The number of aromatic carboxylic acids is 1. The van der Waals surface area contributed by atoms with E-state index in [2.05, 4.69) is 32.4 Å². The van der Waals surface area contributed by atoms with Gasteiger partial charge in [0.1, 0.15) is 5.82 Å². The van der Waals surface area contributed by atoms with Crippen molar-refractivity contribution < 1.29 is 22.7 Å². The van der Waals surface area contributed by atoms with E-state index in [1.54, 1.807) is 6.07 Å². The zero-order valence-electron chi connectivity index (χ0n) is 17.0. The summed E-state index contributed by atoms with van der Waals surface area (Å²) in [5.41, 5.74) is 0.748. The van der Waals surface area contributed by atoms with Crippen molar-refractivity contribution in [1.29, 1.82) is 0 Å². The van der Waals surface area contributed by atoms with Crippen LogP contribution in [0.4, 0.5) is 15.8 Å². The molecule has 0 aliphatic carbocycles. The van der Waals surface area contributed by atoms with Gasteiger partial charge in [0.15, 0.2) is 0 Å². The first kappa shape index (κ1) is 22.7. The second-order valence-electron chi connectivity index (χ2n) is 7.79. The van der Waals surface area contributed by atoms with Crippen LogP contribution in [0.25, 0.3) is 0 Å². The van der Waals surface area contributed by atoms with Gasteiger partial charge in [0.25, 0.3) is 10.0 Å². The van der Waals surface area contributed by atoms with E-state index in [0.717, 1.165) is 12.1 Å². The molecule has 158 valence electrons. The molecule has 8 heteroatoms. The molecule has 0 aromatic heterocycles. The highest BCUT2D eigenvalue weighted by atomic mass is 32.2. The minimum Gasteiger partial charge on any atom is -0.478 e. The van der Waals surface area contributed by atoms with Crippen molar-refractivity contribution in [3.8, 4) is 0 Å². The lowest BCUT2D eigenvalue weighted by molar-refractivity contribution is 0.0697. The molecule has 0 atom stereocenters. The van der Waals surface area contributed by atoms with Gasteiger partial charge in [-0.05, 0) is 54.3 Å². The molecule has 0 spiro atoms. The lowest BCUT2D eigenvalue weighted by atomic mass is 10.1. The minimum atomic E-state index is -4.02. The van der Waals surface area contributed by atoms with E-state index >= 15 is 0 Å². The third-order valence-electron chi connectivity index (χ3n) is 4.12. The molecule has 0 saturated carbocycles. The predicted molar refractivity (Wildman–Crippen MR) is 112 cm³/mol. The van der Waals surface area contributed by atoms with Crippen molar-refractivity contribution in [1.82, 2.24) is 0 Å². The summed E-state index contributed by atoms with van der Waals surface area (Å²) in [6.45, 7) is 9.58. The Bertz CT molecular complexity index is 947. The Labute approximate surface area is 171 Å². The van der Waals surface area contributed by atoms with Crippen molar-refractivity contribution in [2.75, 3.05) is 22.7 Å². The summed E-state index contributed by atoms with van der Waals surface area (Å²) < 4.78 is 41.3. The SMILES string of the molecule is CC(C)CN(CC(C)C)c1ccc(C(=O)O)cc1NS(=O)(=O)c1ccc(F)cc1. The fourth-order valence-electron chi connectivity index (χ4n) is 3.00. The number of anilines is 2. The second kappa shape index (κ2) is 9.26. The number of carboxylic acid groups (broad SMARTS) is 1. The normalized spacial score (nSPS) is 11.7. The smallest absolute Gasteiger partial charge is 0.335 e. The van der Waals surface area contributed by atoms with Crippen LogP contribution in [0.15, 0.2) is 47.4 Å². The van der Waals surface area contributed by atoms with Gasteiger partial charge in [-0.2, -0.15) is 0 Å². The van der Waals surface area contributed by atoms with E-state index < -0.39 is 21.8 Å². The van der Waals surface area contributed by atoms with Crippen molar-refractivity contribution in [3.05, 3.63) is 53.8 Å². The van der Waals surface area contributed by atoms with E-state index in [9.17, 15) is 22.7 Å². The number of nitrogens with one attached hydrogen (secondary N) is 1. The average Bonchev–Trinajstić information content (AvgIpc) is 2.60. The molecule has 0 heterocycles. The van der Waals surface area contributed by atoms with Crippen LogP contribution in [0, 0.1) is 17.7 Å². The third-order valence-corrected chi connectivity index (χ3v) is 5.50. The van der Waals surface area contributed by atoms with Gasteiger partial charge in [0, 0.05) is 13.1 Å². The first-order chi connectivity index (χ1) is 13.5. The number of rotatable bonds is 9. The van der Waals surface area contributed by atoms with E-state index in [0.29, 0.717) is 30.6 Å². The van der Waals surface area contributed by atoms with Gasteiger partial charge >= 0.3 is 5.97 Å². The highest BCUT2D eigenvalue weighted by Gasteiger charge is 2.21. The Balaban J connectivity index is 2.53. The van der Waals surface area contributed by atoms with Crippen LogP contribution in [-0.4, -0.2) is 32.6 Å². The first-order valence-corrected chi connectivity index (χ1v) is 10.9. The first-order valence-electron chi connectivity index (χ1n) is 9.40. The maximum atomic E-state index is 13.2. The fraction of sp³-hybridized carbons (Fsp3) is 0.381. The van der Waals surface area contributed by atoms with Gasteiger partial charge in [0.2, 0.25) is 0 Å². The van der Waals surface area contributed by atoms with Gasteiger partial charge in [-0.3, -0.25) is 4.72 Å². The summed E-state index contributed by atoms with van der Waals surface area (Å²) >= 11 is 0. The summed E-state index contributed by atoms with van der Waals surface area (Å²) in [6.07, 6.45) is 0. The summed E-state index contributed by atoms with van der Waals surface area (Å²) in [5.74, 6) is -1.07. The number of nitrogens with zero attached hydrogens (tertiary/aromatic N) is 1. The highest BCUT2D eigenvalue weighted by molar-refractivity contribution is 7.92. The van der Waals surface area contributed by atoms with Crippen LogP contribution < -0.4 is 9.62 Å². The number of carbonyl (C=O) groups is 1. The van der Waals surface area contributed by atoms with E-state index in [-0.39, 0.29) is 16.1 Å². The summed E-state index contributed by atoms with van der Waals surface area (Å²) in [6, 6.07) is 8.85. The topological polar surface area (TPSA) is 86.7 Å². The molecular formula is C21H27FN2O4S. The molecule has 6 nitrogen and oxygen atoms in total. The molecule has 0 amide bonds. The number of benzene rings is 2. The largest absolute Gasteiger partial charge is 0.478 e. The molecular weight excluding hydrogens is 395 g/mol. The molecule has 0 unspecified atom stereocenters. The highest BCUT2D eigenvalue weighted by Crippen LogP contribution is 2.31. The van der Waals surface area contributed by atoms with E-state index in [4.69, 9.17) is 0 Å². The van der Waals surface area contributed by atoms with Gasteiger partial charge in [-0.15, -0.1) is 0 Å². The van der Waals surface area contributed by atoms with Crippen molar-refractivity contribution >= 4 is 27.4 Å². The monoisotopic (exact) mass is 422 g/mol. The maximum Gasteiger partial charge on any atom is 0.335 e. The van der Waals surface area contributed by atoms with Gasteiger partial charge in [0.05, 0.1) is 21.8 Å². The zero-order valence-corrected chi connectivity index (χ0v) is 17.8. The van der Waals surface area contributed by atoms with Crippen molar-refractivity contribution in [2.45, 2.75) is 32.6 Å². The molecule has 29 heavy (non-hydrogen) atoms. The van der Waals surface area contributed by atoms with E-state index in [1.807, 2.05) is 4.90 Å². The molecule has 0 fully saturated rings. The molecule has 2 aromatic rings. The number of halogens is 1. The van der Waals surface area contributed by atoms with Gasteiger partial charge < -0.3 is 10.0 Å². The standard InChI is InChI=1S/C21H27FN2O4S/c1-14(2)12-24(13-15(3)4)20-10-5-16(21(25)26)11-19(20)23-29(27,28)18-8-6-17(22)7-9-18/h5-11,14-15,23H,12-13H2,1-4H3,(H,25,26). The number of hydrogen-bond donors (Lipinski definition) is 2. The van der Waals surface area contributed by atoms with Gasteiger partial charge in [-0.25, -0.2) is 17.6 Å². The Hall–Kier alpha value is -2.61. The molecule has 2 rings (SSSR count). The second-order valence-corrected chi connectivity index (χ2v) is 9.47. The summed E-state index contributed by atoms with van der Waals surface area (Å²) in [5, 5.41) is 9.34. The molecule has 2 aromatic carbocycles. The fourth-order valence-corrected chi connectivity index (χ4v) is 4.06. The number of sulfonamides is 1. The van der Waals surface area contributed by atoms with Crippen LogP contribution in [0.5, 0.6) is 0 Å². The molecule has 0 bridgehead atoms. The Morgan fingerprint density at radius 3 is 2.07 bits per heavy atom. The van der Waals surface area contributed by atoms with Crippen LogP contribution >= 0.6 is 0 Å². The Morgan fingerprint density at radius 2 is 1.59 bits per heavy atom. The molecule has 0 radical (unpaired) electrons. The molecule has 0 aliphatic rings. The third kappa shape index (κ3) is 6.19. The summed E-state index contributed by atoms with van der Waals surface area (Å²) in [4.78, 5) is 13.4. The number of hydrogen-bond acceptors (Lipinski definition) is 4. The Morgan fingerprint density at radius 1 is 1.03 bits per heavy atom. The van der Waals surface area contributed by atoms with Crippen molar-refractivity contribution in [2.24, 2.45) is 11.8 Å². The van der Waals surface area contributed by atoms with Crippen LogP contribution in [0.3, 0.4) is 0 Å². The number of carboxylic acids is 1. The lowest BCUT2D eigenvalue weighted by Gasteiger charge is -2.30. The predicted octanol–water partition coefficient (Wildman–Crippen LogP) is 4.44. The molecule has 2 N–H and O–H groups in total. The maximum absolute atomic E-state index is 13.2. The Kier molecular flexibility index (Phi) is 7.24. The van der Waals surface area contributed by atoms with E-state index in [1.165, 1.54) is 24.3 Å². The minimum absolute atomic E-state index is 0.0281. The van der Waals surface area contributed by atoms with Crippen LogP contribution in [0.2, 0.25) is 0 Å². The zero-order chi connectivity index (χ0) is 21.8. The quantitative estimate of drug-likeness (QED) is 0.624. The lowest BCUT2D eigenvalue weighted by Crippen LogP contribution is -2.32. The molecule has 0 aliphatic heterocycles. The van der Waals surface area contributed by atoms with Crippen molar-refractivity contribution in [3.63, 3.8) is 0 Å². The average molecular weight is 423 g/mol. The van der Waals surface area contributed by atoms with Crippen LogP contribution in [-0.2, 0) is 10.0 Å². The molecule has 0 saturated heterocycles. The summed E-state index contributed by atoms with van der Waals surface area (Å²) in [7, 11) is -4.02.